The molecule has 6 heteroatoms. The van der Waals surface area contributed by atoms with Crippen LogP contribution in [0.5, 0.6) is 5.75 Å². The molecule has 6 nitrogen and oxygen atoms in total. The number of carbonyl (C=O) groups is 2. The number of carbonyl (C=O) groups excluding carboxylic acids is 2. The fourth-order valence-corrected chi connectivity index (χ4v) is 2.24. The zero-order valence-corrected chi connectivity index (χ0v) is 14.6. The Hall–Kier alpha value is -3.02. The highest BCUT2D eigenvalue weighted by Gasteiger charge is 2.06. The van der Waals surface area contributed by atoms with Crippen LogP contribution in [0.1, 0.15) is 19.4 Å². The lowest BCUT2D eigenvalue weighted by Gasteiger charge is -2.11. The maximum absolute atomic E-state index is 12.1. The van der Waals surface area contributed by atoms with Crippen LogP contribution in [0.2, 0.25) is 0 Å². The van der Waals surface area contributed by atoms with Crippen LogP contribution < -0.4 is 20.7 Å². The standard InChI is InChI=1S/C19H23N3O3/c1-13(2)20-19(24)22-16-9-7-15(8-10-16)21-18(23)12-14-5-4-6-17(11-14)25-3/h4-11,13H,12H2,1-3H3,(H,21,23)(H2,20,22,24). The van der Waals surface area contributed by atoms with E-state index in [4.69, 9.17) is 4.74 Å². The van der Waals surface area contributed by atoms with Gasteiger partial charge in [-0.3, -0.25) is 4.79 Å². The Morgan fingerprint density at radius 2 is 1.64 bits per heavy atom. The number of urea groups is 1. The quantitative estimate of drug-likeness (QED) is 0.753. The summed E-state index contributed by atoms with van der Waals surface area (Å²) in [6.45, 7) is 3.78. The lowest BCUT2D eigenvalue weighted by molar-refractivity contribution is -0.115. The molecule has 0 aliphatic carbocycles. The number of anilines is 2. The van der Waals surface area contributed by atoms with Crippen molar-refractivity contribution in [3.05, 3.63) is 54.1 Å². The molecule has 2 aromatic carbocycles. The molecule has 0 heterocycles. The van der Waals surface area contributed by atoms with E-state index in [-0.39, 0.29) is 24.4 Å². The molecule has 0 aromatic heterocycles. The SMILES string of the molecule is COc1cccc(CC(=O)Nc2ccc(NC(=O)NC(C)C)cc2)c1. The van der Waals surface area contributed by atoms with Crippen LogP contribution in [-0.4, -0.2) is 25.1 Å². The summed E-state index contributed by atoms with van der Waals surface area (Å²) in [5.41, 5.74) is 2.20. The van der Waals surface area contributed by atoms with Gasteiger partial charge < -0.3 is 20.7 Å². The van der Waals surface area contributed by atoms with E-state index >= 15 is 0 Å². The molecule has 0 aliphatic rings. The summed E-state index contributed by atoms with van der Waals surface area (Å²) in [5, 5.41) is 8.31. The predicted molar refractivity (Wildman–Crippen MR) is 99.1 cm³/mol. The Balaban J connectivity index is 1.89. The molecule has 0 atom stereocenters. The second-order valence-electron chi connectivity index (χ2n) is 5.91. The summed E-state index contributed by atoms with van der Waals surface area (Å²) >= 11 is 0. The molecule has 2 aromatic rings. The molecule has 3 N–H and O–H groups in total. The van der Waals surface area contributed by atoms with Crippen molar-refractivity contribution in [1.82, 2.24) is 5.32 Å². The maximum atomic E-state index is 12.1. The van der Waals surface area contributed by atoms with E-state index in [1.165, 1.54) is 0 Å². The first-order chi connectivity index (χ1) is 12.0. The van der Waals surface area contributed by atoms with Gasteiger partial charge in [0.05, 0.1) is 13.5 Å². The van der Waals surface area contributed by atoms with Gasteiger partial charge >= 0.3 is 6.03 Å². The van der Waals surface area contributed by atoms with Crippen molar-refractivity contribution in [3.63, 3.8) is 0 Å². The van der Waals surface area contributed by atoms with Crippen LogP contribution in [0.25, 0.3) is 0 Å². The first-order valence-corrected chi connectivity index (χ1v) is 8.06. The Kier molecular flexibility index (Phi) is 6.39. The summed E-state index contributed by atoms with van der Waals surface area (Å²) in [6.07, 6.45) is 0.258. The zero-order chi connectivity index (χ0) is 18.2. The largest absolute Gasteiger partial charge is 0.497 e. The fraction of sp³-hybridized carbons (Fsp3) is 0.263. The first-order valence-electron chi connectivity index (χ1n) is 8.06. The molecule has 132 valence electrons. The molecule has 3 amide bonds. The number of nitrogens with one attached hydrogen (secondary N) is 3. The Morgan fingerprint density at radius 3 is 2.24 bits per heavy atom. The molecule has 0 radical (unpaired) electrons. The third-order valence-corrected chi connectivity index (χ3v) is 3.35. The van der Waals surface area contributed by atoms with Crippen LogP contribution in [0.4, 0.5) is 16.2 Å². The number of amides is 3. The minimum atomic E-state index is -0.259. The zero-order valence-electron chi connectivity index (χ0n) is 14.6. The number of benzene rings is 2. The van der Waals surface area contributed by atoms with Crippen molar-refractivity contribution in [2.24, 2.45) is 0 Å². The second-order valence-corrected chi connectivity index (χ2v) is 5.91. The molecule has 0 fully saturated rings. The fourth-order valence-electron chi connectivity index (χ4n) is 2.24. The molecule has 0 unspecified atom stereocenters. The Morgan fingerprint density at radius 1 is 1.00 bits per heavy atom. The van der Waals surface area contributed by atoms with Gasteiger partial charge in [-0.2, -0.15) is 0 Å². The van der Waals surface area contributed by atoms with E-state index < -0.39 is 0 Å². The molecule has 0 saturated carbocycles. The molecular formula is C19H23N3O3. The highest BCUT2D eigenvalue weighted by Crippen LogP contribution is 2.16. The number of hydrogen-bond acceptors (Lipinski definition) is 3. The van der Waals surface area contributed by atoms with Crippen LogP contribution in [0.3, 0.4) is 0 Å². The number of hydrogen-bond donors (Lipinski definition) is 3. The summed E-state index contributed by atoms with van der Waals surface area (Å²) < 4.78 is 5.15. The number of methoxy groups -OCH3 is 1. The van der Waals surface area contributed by atoms with Gasteiger partial charge in [-0.15, -0.1) is 0 Å². The van der Waals surface area contributed by atoms with Gasteiger partial charge in [-0.05, 0) is 55.8 Å². The predicted octanol–water partition coefficient (Wildman–Crippen LogP) is 3.41. The van der Waals surface area contributed by atoms with Gasteiger partial charge in [0.15, 0.2) is 0 Å². The molecule has 0 spiro atoms. The van der Waals surface area contributed by atoms with Gasteiger partial charge in [-0.1, -0.05) is 12.1 Å². The van der Waals surface area contributed by atoms with E-state index in [2.05, 4.69) is 16.0 Å². The van der Waals surface area contributed by atoms with Crippen molar-refractivity contribution in [3.8, 4) is 5.75 Å². The number of ether oxygens (including phenoxy) is 1. The van der Waals surface area contributed by atoms with Crippen molar-refractivity contribution >= 4 is 23.3 Å². The van der Waals surface area contributed by atoms with Gasteiger partial charge in [0.2, 0.25) is 5.91 Å². The third-order valence-electron chi connectivity index (χ3n) is 3.35. The van der Waals surface area contributed by atoms with Crippen LogP contribution in [-0.2, 0) is 11.2 Å². The van der Waals surface area contributed by atoms with E-state index in [0.29, 0.717) is 11.4 Å². The lowest BCUT2D eigenvalue weighted by atomic mass is 10.1. The highest BCUT2D eigenvalue weighted by molar-refractivity contribution is 5.93. The van der Waals surface area contributed by atoms with Gasteiger partial charge in [0, 0.05) is 17.4 Å². The summed E-state index contributed by atoms with van der Waals surface area (Å²) in [5.74, 6) is 0.604. The third kappa shape index (κ3) is 6.18. The van der Waals surface area contributed by atoms with Gasteiger partial charge in [-0.25, -0.2) is 4.79 Å². The van der Waals surface area contributed by atoms with Crippen LogP contribution in [0.15, 0.2) is 48.5 Å². The van der Waals surface area contributed by atoms with Crippen molar-refractivity contribution in [2.75, 3.05) is 17.7 Å². The topological polar surface area (TPSA) is 79.5 Å². The average molecular weight is 341 g/mol. The van der Waals surface area contributed by atoms with Crippen molar-refractivity contribution < 1.29 is 14.3 Å². The Bertz CT molecular complexity index is 727. The second kappa shape index (κ2) is 8.73. The monoisotopic (exact) mass is 341 g/mol. The molecule has 25 heavy (non-hydrogen) atoms. The maximum Gasteiger partial charge on any atom is 0.319 e. The first kappa shape index (κ1) is 18.3. The van der Waals surface area contributed by atoms with Crippen LogP contribution >= 0.6 is 0 Å². The van der Waals surface area contributed by atoms with Crippen molar-refractivity contribution in [2.45, 2.75) is 26.3 Å². The molecule has 0 saturated heterocycles. The molecule has 0 aliphatic heterocycles. The van der Waals surface area contributed by atoms with Crippen molar-refractivity contribution in [1.29, 1.82) is 0 Å². The normalized spacial score (nSPS) is 10.2. The highest BCUT2D eigenvalue weighted by atomic mass is 16.5. The lowest BCUT2D eigenvalue weighted by Crippen LogP contribution is -2.34. The van der Waals surface area contributed by atoms with E-state index in [1.54, 1.807) is 31.4 Å². The minimum Gasteiger partial charge on any atom is -0.497 e. The summed E-state index contributed by atoms with van der Waals surface area (Å²) in [6, 6.07) is 14.2. The molecule has 2 rings (SSSR count). The molecule has 0 bridgehead atoms. The van der Waals surface area contributed by atoms with E-state index in [0.717, 1.165) is 11.3 Å². The minimum absolute atomic E-state index is 0.0650. The van der Waals surface area contributed by atoms with E-state index in [9.17, 15) is 9.59 Å². The van der Waals surface area contributed by atoms with Gasteiger partial charge in [0.1, 0.15) is 5.75 Å². The summed E-state index contributed by atoms with van der Waals surface area (Å²) in [4.78, 5) is 23.8. The average Bonchev–Trinajstić information content (AvgIpc) is 2.56. The van der Waals surface area contributed by atoms with Gasteiger partial charge in [0.25, 0.3) is 0 Å². The van der Waals surface area contributed by atoms with E-state index in [1.807, 2.05) is 38.1 Å². The smallest absolute Gasteiger partial charge is 0.319 e. The molecular weight excluding hydrogens is 318 g/mol. The van der Waals surface area contributed by atoms with Crippen LogP contribution in [0, 0.1) is 0 Å². The Labute approximate surface area is 147 Å². The number of rotatable bonds is 6. The summed E-state index contributed by atoms with van der Waals surface area (Å²) in [7, 11) is 1.59.